The molecule has 13 heteroatoms. The van der Waals surface area contributed by atoms with Crippen LogP contribution >= 0.6 is 0 Å². The minimum absolute atomic E-state index is 0.0301. The Morgan fingerprint density at radius 2 is 1.57 bits per heavy atom. The predicted octanol–water partition coefficient (Wildman–Crippen LogP) is 1.34. The van der Waals surface area contributed by atoms with E-state index in [2.05, 4.69) is 0 Å². The second-order valence-electron chi connectivity index (χ2n) is 11.0. The highest BCUT2D eigenvalue weighted by molar-refractivity contribution is 5.78. The quantitative estimate of drug-likeness (QED) is 0.430. The summed E-state index contributed by atoms with van der Waals surface area (Å²) >= 11 is 0. The zero-order valence-corrected chi connectivity index (χ0v) is 23.1. The Bertz CT molecular complexity index is 1350. The van der Waals surface area contributed by atoms with Gasteiger partial charge < -0.3 is 58.0 Å². The Morgan fingerprint density at radius 1 is 0.881 bits per heavy atom. The highest BCUT2D eigenvalue weighted by Gasteiger charge is 2.56. The Labute approximate surface area is 240 Å². The minimum atomic E-state index is -1.46. The molecule has 3 saturated heterocycles. The van der Waals surface area contributed by atoms with Crippen LogP contribution in [0.25, 0.3) is 0 Å². The lowest BCUT2D eigenvalue weighted by Crippen LogP contribution is -2.63. The minimum Gasteiger partial charge on any atom is -0.502 e. The number of benzene rings is 2. The first kappa shape index (κ1) is 27.5. The van der Waals surface area contributed by atoms with Crippen molar-refractivity contribution in [1.82, 2.24) is 0 Å². The maximum absolute atomic E-state index is 13.4. The summed E-state index contributed by atoms with van der Waals surface area (Å²) < 4.78 is 51.5. The number of cyclic esters (lactones) is 1. The van der Waals surface area contributed by atoms with E-state index in [9.17, 15) is 20.1 Å². The maximum Gasteiger partial charge on any atom is 0.312 e. The van der Waals surface area contributed by atoms with E-state index in [0.717, 1.165) is 5.56 Å². The van der Waals surface area contributed by atoms with Gasteiger partial charge in [-0.3, -0.25) is 4.79 Å². The molecule has 0 radical (unpaired) electrons. The van der Waals surface area contributed by atoms with E-state index in [4.69, 9.17) is 42.6 Å². The summed E-state index contributed by atoms with van der Waals surface area (Å²) in [6.07, 6.45) is -7.07. The molecule has 42 heavy (non-hydrogen) atoms. The highest BCUT2D eigenvalue weighted by atomic mass is 16.8. The number of methoxy groups -OCH3 is 2. The summed E-state index contributed by atoms with van der Waals surface area (Å²) in [5.74, 6) is -0.862. The zero-order valence-electron chi connectivity index (χ0n) is 23.1. The number of aliphatic hydroxyl groups excluding tert-OH is 2. The SMILES string of the molecule is COc1cc([C@@H]2c3cc4c(cc3[C@@H](O[C@@H]3O[C@H]5CO[C@@H](C)O[C@H]5[C@H](O)[C@@H]3O)[C@H]3C(=O)OC[C@H]23)OCO4)cc(OC)c1O. The van der Waals surface area contributed by atoms with Gasteiger partial charge in [0.15, 0.2) is 35.6 Å². The fourth-order valence-electron chi connectivity index (χ4n) is 6.75. The van der Waals surface area contributed by atoms with Crippen molar-refractivity contribution in [3.8, 4) is 28.7 Å². The molecule has 0 saturated carbocycles. The summed E-state index contributed by atoms with van der Waals surface area (Å²) in [5.41, 5.74) is 2.08. The van der Waals surface area contributed by atoms with Crippen LogP contribution in [0.4, 0.5) is 0 Å². The van der Waals surface area contributed by atoms with Gasteiger partial charge in [-0.2, -0.15) is 0 Å². The Balaban J connectivity index is 1.32. The second kappa shape index (κ2) is 10.4. The van der Waals surface area contributed by atoms with Gasteiger partial charge in [0.1, 0.15) is 24.4 Å². The van der Waals surface area contributed by atoms with E-state index in [0.29, 0.717) is 22.6 Å². The van der Waals surface area contributed by atoms with Crippen molar-refractivity contribution >= 4 is 5.97 Å². The van der Waals surface area contributed by atoms with Crippen LogP contribution in [0, 0.1) is 11.8 Å². The molecule has 7 rings (SSSR count). The van der Waals surface area contributed by atoms with Crippen molar-refractivity contribution < 1.29 is 62.7 Å². The molecule has 4 aliphatic heterocycles. The van der Waals surface area contributed by atoms with Crippen LogP contribution in [-0.2, 0) is 28.5 Å². The van der Waals surface area contributed by atoms with Crippen molar-refractivity contribution in [3.63, 3.8) is 0 Å². The molecule has 3 fully saturated rings. The Kier molecular flexibility index (Phi) is 6.83. The fourth-order valence-corrected chi connectivity index (χ4v) is 6.75. The molecule has 0 aromatic heterocycles. The van der Waals surface area contributed by atoms with Crippen molar-refractivity contribution in [2.45, 2.75) is 55.9 Å². The van der Waals surface area contributed by atoms with Crippen molar-refractivity contribution in [2.75, 3.05) is 34.2 Å². The molecular formula is C29H32O13. The van der Waals surface area contributed by atoms with Crippen LogP contribution in [0.1, 0.15) is 35.6 Å². The van der Waals surface area contributed by atoms with Crippen LogP contribution in [0.3, 0.4) is 0 Å². The molecule has 5 aliphatic rings. The van der Waals surface area contributed by atoms with E-state index >= 15 is 0 Å². The summed E-state index contributed by atoms with van der Waals surface area (Å²) in [6, 6.07) is 7.00. The smallest absolute Gasteiger partial charge is 0.312 e. The first-order valence-electron chi connectivity index (χ1n) is 13.8. The summed E-state index contributed by atoms with van der Waals surface area (Å²) in [7, 11) is 2.88. The van der Waals surface area contributed by atoms with Gasteiger partial charge >= 0.3 is 5.97 Å². The summed E-state index contributed by atoms with van der Waals surface area (Å²) in [5, 5.41) is 32.5. The van der Waals surface area contributed by atoms with Crippen LogP contribution in [0.5, 0.6) is 28.7 Å². The normalized spacial score (nSPS) is 36.5. The van der Waals surface area contributed by atoms with E-state index in [-0.39, 0.29) is 37.3 Å². The van der Waals surface area contributed by atoms with Gasteiger partial charge in [-0.05, 0) is 47.9 Å². The standard InChI is InChI=1S/C29H32O13/c1-11-36-9-20-27(40-11)24(31)25(32)29(41-20)42-26-14-7-17-16(38-10-39-17)6-13(14)21(15-8-37-28(33)22(15)26)12-4-18(34-2)23(30)19(5-12)35-3/h4-7,11,15,20-22,24-27,29-32H,8-10H2,1-3H3/t11-,15-,20+,21-,22+,24-,25+,26-,27-,29+/m1/s1. The molecule has 0 spiro atoms. The number of aromatic hydroxyl groups is 1. The number of rotatable bonds is 5. The van der Waals surface area contributed by atoms with E-state index in [1.165, 1.54) is 14.2 Å². The van der Waals surface area contributed by atoms with Crippen molar-refractivity contribution in [2.24, 2.45) is 11.8 Å². The number of esters is 1. The summed E-state index contributed by atoms with van der Waals surface area (Å²) in [6.45, 7) is 1.95. The number of carbonyl (C=O) groups excluding carboxylic acids is 1. The van der Waals surface area contributed by atoms with Gasteiger partial charge in [0.25, 0.3) is 0 Å². The lowest BCUT2D eigenvalue weighted by atomic mass is 9.66. The number of hydrogen-bond donors (Lipinski definition) is 3. The van der Waals surface area contributed by atoms with Crippen LogP contribution in [-0.4, -0.2) is 92.5 Å². The highest BCUT2D eigenvalue weighted by Crippen LogP contribution is 2.57. The average molecular weight is 589 g/mol. The third-order valence-electron chi connectivity index (χ3n) is 8.75. The molecule has 3 N–H and O–H groups in total. The molecule has 2 aromatic rings. The number of phenols is 1. The molecule has 226 valence electrons. The summed E-state index contributed by atoms with van der Waals surface area (Å²) in [4.78, 5) is 13.4. The van der Waals surface area contributed by atoms with Crippen LogP contribution in [0.15, 0.2) is 24.3 Å². The first-order chi connectivity index (χ1) is 20.3. The monoisotopic (exact) mass is 588 g/mol. The molecule has 0 bridgehead atoms. The van der Waals surface area contributed by atoms with Gasteiger partial charge in [-0.25, -0.2) is 0 Å². The molecule has 10 atom stereocenters. The molecule has 2 aromatic carbocycles. The predicted molar refractivity (Wildman–Crippen MR) is 138 cm³/mol. The number of aliphatic hydroxyl groups is 2. The molecule has 0 amide bonds. The Hall–Kier alpha value is -3.33. The number of hydrogen-bond acceptors (Lipinski definition) is 13. The largest absolute Gasteiger partial charge is 0.502 e. The van der Waals surface area contributed by atoms with Crippen molar-refractivity contribution in [1.29, 1.82) is 0 Å². The number of phenolic OH excluding ortho intramolecular Hbond substituents is 1. The fraction of sp³-hybridized carbons (Fsp3) is 0.552. The number of fused-ring (bicyclic) bond motifs is 4. The lowest BCUT2D eigenvalue weighted by molar-refractivity contribution is -0.364. The maximum atomic E-state index is 13.4. The van der Waals surface area contributed by atoms with Gasteiger partial charge in [0.2, 0.25) is 12.5 Å². The van der Waals surface area contributed by atoms with Crippen LogP contribution < -0.4 is 18.9 Å². The number of carbonyl (C=O) groups is 1. The zero-order chi connectivity index (χ0) is 29.3. The van der Waals surface area contributed by atoms with Crippen LogP contribution in [0.2, 0.25) is 0 Å². The lowest BCUT2D eigenvalue weighted by Gasteiger charge is -2.47. The molecule has 4 heterocycles. The third kappa shape index (κ3) is 4.26. The first-order valence-corrected chi connectivity index (χ1v) is 13.8. The van der Waals surface area contributed by atoms with E-state index in [1.54, 1.807) is 25.1 Å². The van der Waals surface area contributed by atoms with E-state index < -0.39 is 66.8 Å². The molecule has 13 nitrogen and oxygen atoms in total. The average Bonchev–Trinajstić information content (AvgIpc) is 3.61. The van der Waals surface area contributed by atoms with Gasteiger partial charge in [-0.15, -0.1) is 0 Å². The van der Waals surface area contributed by atoms with Gasteiger partial charge in [0.05, 0.1) is 39.5 Å². The second-order valence-corrected chi connectivity index (χ2v) is 11.0. The van der Waals surface area contributed by atoms with Crippen molar-refractivity contribution in [3.05, 3.63) is 41.0 Å². The van der Waals surface area contributed by atoms with Gasteiger partial charge in [0, 0.05) is 11.8 Å². The Morgan fingerprint density at radius 3 is 2.26 bits per heavy atom. The third-order valence-corrected chi connectivity index (χ3v) is 8.75. The molecule has 0 unspecified atom stereocenters. The molecule has 1 aliphatic carbocycles. The molecular weight excluding hydrogens is 556 g/mol. The van der Waals surface area contributed by atoms with Gasteiger partial charge in [-0.1, -0.05) is 0 Å². The number of ether oxygens (including phenoxy) is 9. The van der Waals surface area contributed by atoms with E-state index in [1.807, 2.05) is 6.07 Å². The topological polar surface area (TPSA) is 161 Å².